The van der Waals surface area contributed by atoms with E-state index < -0.39 is 0 Å². The van der Waals surface area contributed by atoms with Crippen molar-refractivity contribution in [3.05, 3.63) is 0 Å². The zero-order valence-corrected chi connectivity index (χ0v) is 8.81. The topological polar surface area (TPSA) is 50.4 Å². The standard InChI is InChI=1S/C9H21N3/c1-7(2)6-8(12-10)11-9(3,4)5/h7H,6,10H2,1-5H3,(H,11,12). The summed E-state index contributed by atoms with van der Waals surface area (Å²) < 4.78 is 0. The van der Waals surface area contributed by atoms with E-state index in [0.29, 0.717) is 5.92 Å². The van der Waals surface area contributed by atoms with Gasteiger partial charge in [0.25, 0.3) is 0 Å². The maximum absolute atomic E-state index is 5.35. The average molecular weight is 171 g/mol. The van der Waals surface area contributed by atoms with Gasteiger partial charge >= 0.3 is 0 Å². The Morgan fingerprint density at radius 1 is 1.42 bits per heavy atom. The van der Waals surface area contributed by atoms with Gasteiger partial charge in [-0.3, -0.25) is 4.99 Å². The molecule has 0 unspecified atom stereocenters. The predicted octanol–water partition coefficient (Wildman–Crippen LogP) is 1.69. The number of nitrogens with one attached hydrogen (secondary N) is 1. The second-order valence-electron chi connectivity index (χ2n) is 4.47. The second kappa shape index (κ2) is 4.45. The second-order valence-corrected chi connectivity index (χ2v) is 4.47. The lowest BCUT2D eigenvalue weighted by Gasteiger charge is -2.16. The van der Waals surface area contributed by atoms with Crippen molar-refractivity contribution in [3.8, 4) is 0 Å². The number of hydrogen-bond acceptors (Lipinski definition) is 2. The Morgan fingerprint density at radius 2 is 1.92 bits per heavy atom. The van der Waals surface area contributed by atoms with E-state index in [9.17, 15) is 0 Å². The Bertz CT molecular complexity index is 154. The van der Waals surface area contributed by atoms with Gasteiger partial charge in [-0.25, -0.2) is 5.84 Å². The van der Waals surface area contributed by atoms with E-state index in [2.05, 4.69) is 45.0 Å². The Hall–Kier alpha value is -0.570. The third-order valence-electron chi connectivity index (χ3n) is 1.24. The largest absolute Gasteiger partial charge is 0.312 e. The van der Waals surface area contributed by atoms with Crippen molar-refractivity contribution in [2.45, 2.75) is 46.6 Å². The summed E-state index contributed by atoms with van der Waals surface area (Å²) in [7, 11) is 0. The first-order chi connectivity index (χ1) is 5.35. The number of hydrazine groups is 1. The van der Waals surface area contributed by atoms with Crippen molar-refractivity contribution < 1.29 is 0 Å². The summed E-state index contributed by atoms with van der Waals surface area (Å²) in [6.45, 7) is 10.5. The highest BCUT2D eigenvalue weighted by Gasteiger charge is 2.09. The summed E-state index contributed by atoms with van der Waals surface area (Å²) in [6.07, 6.45) is 0.910. The summed E-state index contributed by atoms with van der Waals surface area (Å²) in [5.41, 5.74) is 2.59. The molecular weight excluding hydrogens is 150 g/mol. The van der Waals surface area contributed by atoms with Crippen LogP contribution >= 0.6 is 0 Å². The number of nitrogens with zero attached hydrogens (tertiary/aromatic N) is 1. The summed E-state index contributed by atoms with van der Waals surface area (Å²) in [5.74, 6) is 6.82. The molecule has 72 valence electrons. The number of rotatable bonds is 2. The van der Waals surface area contributed by atoms with Gasteiger partial charge in [0, 0.05) is 6.42 Å². The Kier molecular flexibility index (Phi) is 4.24. The molecule has 0 aliphatic carbocycles. The molecule has 0 fully saturated rings. The van der Waals surface area contributed by atoms with E-state index in [4.69, 9.17) is 5.84 Å². The third-order valence-corrected chi connectivity index (χ3v) is 1.24. The summed E-state index contributed by atoms with van der Waals surface area (Å²) in [5, 5.41) is 0. The van der Waals surface area contributed by atoms with Gasteiger partial charge in [0.15, 0.2) is 0 Å². The van der Waals surface area contributed by atoms with Crippen molar-refractivity contribution in [1.29, 1.82) is 0 Å². The number of hydrogen-bond donors (Lipinski definition) is 2. The predicted molar refractivity (Wildman–Crippen MR) is 54.0 cm³/mol. The fourth-order valence-corrected chi connectivity index (χ4v) is 0.928. The lowest BCUT2D eigenvalue weighted by Crippen LogP contribution is -2.33. The van der Waals surface area contributed by atoms with Gasteiger partial charge in [0.05, 0.1) is 5.54 Å². The molecule has 0 aromatic rings. The minimum Gasteiger partial charge on any atom is -0.312 e. The number of aliphatic imine (C=N–C) groups is 1. The van der Waals surface area contributed by atoms with Crippen LogP contribution in [0.1, 0.15) is 41.0 Å². The molecule has 12 heavy (non-hydrogen) atoms. The van der Waals surface area contributed by atoms with Crippen molar-refractivity contribution in [3.63, 3.8) is 0 Å². The van der Waals surface area contributed by atoms with Crippen LogP contribution in [-0.2, 0) is 0 Å². The van der Waals surface area contributed by atoms with Crippen LogP contribution in [-0.4, -0.2) is 11.4 Å². The molecule has 0 aliphatic heterocycles. The van der Waals surface area contributed by atoms with E-state index in [0.717, 1.165) is 12.3 Å². The zero-order valence-electron chi connectivity index (χ0n) is 8.81. The molecule has 3 N–H and O–H groups in total. The van der Waals surface area contributed by atoms with Crippen LogP contribution in [0.5, 0.6) is 0 Å². The van der Waals surface area contributed by atoms with E-state index >= 15 is 0 Å². The van der Waals surface area contributed by atoms with Crippen LogP contribution < -0.4 is 11.3 Å². The van der Waals surface area contributed by atoms with Crippen molar-refractivity contribution in [2.75, 3.05) is 0 Å². The normalized spacial score (nSPS) is 13.8. The van der Waals surface area contributed by atoms with Gasteiger partial charge in [0.1, 0.15) is 5.84 Å². The molecule has 0 aromatic carbocycles. The van der Waals surface area contributed by atoms with Gasteiger partial charge < -0.3 is 5.43 Å². The molecule has 0 rings (SSSR count). The molecule has 3 nitrogen and oxygen atoms in total. The Morgan fingerprint density at radius 3 is 2.17 bits per heavy atom. The van der Waals surface area contributed by atoms with Crippen molar-refractivity contribution in [1.82, 2.24) is 5.43 Å². The minimum atomic E-state index is -0.0450. The van der Waals surface area contributed by atoms with Crippen LogP contribution in [0.2, 0.25) is 0 Å². The van der Waals surface area contributed by atoms with Gasteiger partial charge in [-0.1, -0.05) is 13.8 Å². The smallest absolute Gasteiger partial charge is 0.111 e. The fraction of sp³-hybridized carbons (Fsp3) is 0.889. The molecule has 0 saturated carbocycles. The minimum absolute atomic E-state index is 0.0450. The zero-order chi connectivity index (χ0) is 9.78. The highest BCUT2D eigenvalue weighted by molar-refractivity contribution is 5.82. The van der Waals surface area contributed by atoms with Gasteiger partial charge in [-0.05, 0) is 26.7 Å². The monoisotopic (exact) mass is 171 g/mol. The van der Waals surface area contributed by atoms with E-state index in [1.165, 1.54) is 0 Å². The lowest BCUT2D eigenvalue weighted by atomic mass is 10.1. The third kappa shape index (κ3) is 6.16. The van der Waals surface area contributed by atoms with Gasteiger partial charge in [-0.15, -0.1) is 0 Å². The molecule has 0 aliphatic rings. The molecule has 0 bridgehead atoms. The number of amidine groups is 1. The van der Waals surface area contributed by atoms with Crippen LogP contribution in [0.4, 0.5) is 0 Å². The summed E-state index contributed by atoms with van der Waals surface area (Å²) >= 11 is 0. The summed E-state index contributed by atoms with van der Waals surface area (Å²) in [6, 6.07) is 0. The van der Waals surface area contributed by atoms with Crippen LogP contribution in [0, 0.1) is 5.92 Å². The first-order valence-corrected chi connectivity index (χ1v) is 4.40. The first kappa shape index (κ1) is 11.4. The molecule has 0 heterocycles. The molecule has 0 saturated heterocycles. The first-order valence-electron chi connectivity index (χ1n) is 4.40. The van der Waals surface area contributed by atoms with Crippen molar-refractivity contribution >= 4 is 5.84 Å². The molecular formula is C9H21N3. The van der Waals surface area contributed by atoms with Crippen molar-refractivity contribution in [2.24, 2.45) is 16.8 Å². The fourth-order valence-electron chi connectivity index (χ4n) is 0.928. The molecule has 3 heteroatoms. The van der Waals surface area contributed by atoms with Crippen LogP contribution in [0.15, 0.2) is 4.99 Å². The summed E-state index contributed by atoms with van der Waals surface area (Å²) in [4.78, 5) is 4.45. The molecule has 0 amide bonds. The highest BCUT2D eigenvalue weighted by atomic mass is 15.3. The Labute approximate surface area is 75.4 Å². The molecule has 0 radical (unpaired) electrons. The van der Waals surface area contributed by atoms with Gasteiger partial charge in [0.2, 0.25) is 0 Å². The van der Waals surface area contributed by atoms with Crippen LogP contribution in [0.3, 0.4) is 0 Å². The molecule has 0 spiro atoms. The maximum Gasteiger partial charge on any atom is 0.111 e. The highest BCUT2D eigenvalue weighted by Crippen LogP contribution is 2.09. The quantitative estimate of drug-likeness (QED) is 0.287. The van der Waals surface area contributed by atoms with E-state index in [-0.39, 0.29) is 5.54 Å². The molecule has 0 aromatic heterocycles. The van der Waals surface area contributed by atoms with E-state index in [1.807, 2.05) is 0 Å². The van der Waals surface area contributed by atoms with E-state index in [1.54, 1.807) is 0 Å². The average Bonchev–Trinajstić information content (AvgIpc) is 1.82. The Balaban J connectivity index is 4.24. The number of nitrogens with two attached hydrogens (primary N) is 1. The van der Waals surface area contributed by atoms with Crippen LogP contribution in [0.25, 0.3) is 0 Å². The lowest BCUT2D eigenvalue weighted by molar-refractivity contribution is 0.568. The maximum atomic E-state index is 5.35. The van der Waals surface area contributed by atoms with Gasteiger partial charge in [-0.2, -0.15) is 0 Å². The molecule has 0 atom stereocenters. The SMILES string of the molecule is CC(C)CC(=NC(C)(C)C)NN.